The predicted octanol–water partition coefficient (Wildman–Crippen LogP) is 3.08. The Kier molecular flexibility index (Phi) is 16.4. The van der Waals surface area contributed by atoms with Crippen LogP contribution in [0.1, 0.15) is 53.0 Å². The number of unbranched alkanes of at least 4 members (excludes halogenated alkanes) is 1. The van der Waals surface area contributed by atoms with Crippen molar-refractivity contribution in [3.8, 4) is 11.1 Å². The first-order chi connectivity index (χ1) is 15.2. The van der Waals surface area contributed by atoms with Crippen molar-refractivity contribution in [1.82, 2.24) is 0 Å². The molecule has 0 bridgehead atoms. The molecule has 1 aliphatic rings. The molecule has 3 aromatic rings. The van der Waals surface area contributed by atoms with Crippen molar-refractivity contribution in [3.63, 3.8) is 0 Å². The summed E-state index contributed by atoms with van der Waals surface area (Å²) in [5, 5.41) is 2.69. The van der Waals surface area contributed by atoms with E-state index in [4.69, 9.17) is 0 Å². The average molecular weight is 589 g/mol. The maximum Gasteiger partial charge on any atom is -1.00 e. The molecule has 1 atom stereocenters. The minimum atomic E-state index is 0. The second-order valence-corrected chi connectivity index (χ2v) is 18.3. The van der Waals surface area contributed by atoms with Gasteiger partial charge in [0.1, 0.15) is 0 Å². The fraction of sp³-hybridized carbons (Fsp3) is 0.367. The van der Waals surface area contributed by atoms with Crippen molar-refractivity contribution < 1.29 is 48.1 Å². The Bertz CT molecular complexity index is 1100. The van der Waals surface area contributed by atoms with Gasteiger partial charge >= 0.3 is 41.9 Å². The Morgan fingerprint density at radius 2 is 1.65 bits per heavy atom. The molecule has 34 heavy (non-hydrogen) atoms. The van der Waals surface area contributed by atoms with Gasteiger partial charge in [-0.15, -0.1) is 53.6 Å². The smallest absolute Gasteiger partial charge is 1.00 e. The molecule has 182 valence electrons. The second kappa shape index (κ2) is 16.8. The summed E-state index contributed by atoms with van der Waals surface area (Å²) < 4.78 is 0. The van der Waals surface area contributed by atoms with Crippen LogP contribution in [0.2, 0.25) is 13.1 Å². The molecular weight excluding hydrogens is 551 g/mol. The van der Waals surface area contributed by atoms with Crippen molar-refractivity contribution in [2.24, 2.45) is 5.92 Å². The standard InChI is InChI=1S/C19H19.C9H13.C2H6Si.2ClH.Zr/c1-2-3-7-15-8-6-10-17(14-15)19-13-12-16-9-4-5-11-18(16)19;1-6-5-7(2)9(4)8(6)3;1-3-2;;;/h4-6,8-14H,2-3,7H2,1H3;6H,1-4H3;1-2H3;2*1H;/q2*-1;;;;+2/p-2. The van der Waals surface area contributed by atoms with Crippen LogP contribution in [0.15, 0.2) is 77.4 Å². The van der Waals surface area contributed by atoms with Gasteiger partial charge in [-0.2, -0.15) is 11.1 Å². The molecule has 0 amide bonds. The van der Waals surface area contributed by atoms with E-state index in [0.29, 0.717) is 5.92 Å². The fourth-order valence-corrected chi connectivity index (χ4v) is 3.84. The Hall–Kier alpha value is -0.790. The molecule has 0 N–H and O–H groups in total. The van der Waals surface area contributed by atoms with E-state index in [1.165, 1.54) is 63.4 Å². The molecule has 0 nitrogen and oxygen atoms in total. The zero-order valence-corrected chi connectivity index (χ0v) is 26.7. The van der Waals surface area contributed by atoms with Crippen LogP contribution in [0.25, 0.3) is 21.9 Å². The molecule has 4 heteroatoms. The molecule has 1 aliphatic carbocycles. The van der Waals surface area contributed by atoms with Crippen molar-refractivity contribution in [3.05, 3.63) is 89.0 Å². The van der Waals surface area contributed by atoms with E-state index in [0.717, 1.165) is 0 Å². The molecule has 0 saturated carbocycles. The van der Waals surface area contributed by atoms with Gasteiger partial charge in [0.15, 0.2) is 0 Å². The summed E-state index contributed by atoms with van der Waals surface area (Å²) in [6, 6.07) is 22.0. The van der Waals surface area contributed by atoms with Gasteiger partial charge in [0, 0.05) is 0 Å². The van der Waals surface area contributed by atoms with Gasteiger partial charge < -0.3 is 24.8 Å². The Morgan fingerprint density at radius 1 is 1.00 bits per heavy atom. The van der Waals surface area contributed by atoms with Gasteiger partial charge in [0.2, 0.25) is 0 Å². The SMILES string of the molecule is CC1=[C-]C(C)C(C)=C1C.CCCCc1cccc(-c2c[cH-]c3ccccc23)c1.C[Si](C)=[Zr+2].[Cl-].[Cl-]. The van der Waals surface area contributed by atoms with E-state index < -0.39 is 0 Å². The van der Waals surface area contributed by atoms with Gasteiger partial charge in [-0.25, -0.2) is 5.57 Å². The molecular formula is C30H38Cl2SiZr-2. The number of hydrogen-bond donors (Lipinski definition) is 0. The molecule has 0 aliphatic heterocycles. The van der Waals surface area contributed by atoms with Gasteiger partial charge in [-0.1, -0.05) is 75.9 Å². The maximum absolute atomic E-state index is 3.36. The summed E-state index contributed by atoms with van der Waals surface area (Å²) in [6.45, 7) is 15.5. The second-order valence-electron chi connectivity index (χ2n) is 8.94. The largest absolute Gasteiger partial charge is 1.00 e. The molecule has 3 aromatic carbocycles. The van der Waals surface area contributed by atoms with Crippen molar-refractivity contribution in [2.75, 3.05) is 0 Å². The van der Waals surface area contributed by atoms with Crippen LogP contribution in [0, 0.1) is 12.0 Å². The Balaban J connectivity index is 0.000000614. The molecule has 0 spiro atoms. The Morgan fingerprint density at radius 3 is 2.18 bits per heavy atom. The molecule has 0 heterocycles. The number of hydrogen-bond acceptors (Lipinski definition) is 0. The quantitative estimate of drug-likeness (QED) is 0.325. The topological polar surface area (TPSA) is 0 Å². The molecule has 0 saturated heterocycles. The number of benzene rings is 2. The van der Waals surface area contributed by atoms with Crippen molar-refractivity contribution in [1.29, 1.82) is 0 Å². The summed E-state index contributed by atoms with van der Waals surface area (Å²) in [6.07, 6.45) is 7.06. The maximum atomic E-state index is 3.36. The molecule has 0 radical (unpaired) electrons. The van der Waals surface area contributed by atoms with Gasteiger partial charge in [-0.3, -0.25) is 6.08 Å². The Labute approximate surface area is 235 Å². The van der Waals surface area contributed by atoms with E-state index in [9.17, 15) is 0 Å². The summed E-state index contributed by atoms with van der Waals surface area (Å²) >= 11 is 1.74. The van der Waals surface area contributed by atoms with Gasteiger partial charge in [-0.05, 0) is 18.4 Å². The van der Waals surface area contributed by atoms with Crippen LogP contribution in [-0.2, 0) is 29.8 Å². The van der Waals surface area contributed by atoms with Crippen LogP contribution in [0.4, 0.5) is 0 Å². The van der Waals surface area contributed by atoms with Crippen LogP contribution in [0.3, 0.4) is 0 Å². The van der Waals surface area contributed by atoms with Crippen molar-refractivity contribution in [2.45, 2.75) is 67.0 Å². The van der Waals surface area contributed by atoms with Crippen LogP contribution < -0.4 is 24.8 Å². The van der Waals surface area contributed by atoms with Gasteiger partial charge in [0.25, 0.3) is 0 Å². The minimum absolute atomic E-state index is 0. The molecule has 0 aromatic heterocycles. The third-order valence-corrected chi connectivity index (χ3v) is 5.97. The van der Waals surface area contributed by atoms with E-state index in [1.807, 2.05) is 0 Å². The molecule has 0 fully saturated rings. The summed E-state index contributed by atoms with van der Waals surface area (Å²) in [7, 11) is 0. The predicted molar refractivity (Wildman–Crippen MR) is 141 cm³/mol. The number of halogens is 2. The molecule has 4 rings (SSSR count). The van der Waals surface area contributed by atoms with Crippen molar-refractivity contribution >= 4 is 16.2 Å². The van der Waals surface area contributed by atoms with E-state index in [2.05, 4.69) is 114 Å². The summed E-state index contributed by atoms with van der Waals surface area (Å²) in [5.74, 6) is 0.560. The van der Waals surface area contributed by atoms with E-state index in [-0.39, 0.29) is 30.2 Å². The zero-order valence-electron chi connectivity index (χ0n) is 21.7. The number of aryl methyl sites for hydroxylation is 1. The van der Waals surface area contributed by atoms with Crippen LogP contribution >= 0.6 is 0 Å². The first-order valence-electron chi connectivity index (χ1n) is 11.8. The van der Waals surface area contributed by atoms with Crippen LogP contribution in [-0.4, -0.2) is 5.43 Å². The van der Waals surface area contributed by atoms with Gasteiger partial charge in [0.05, 0.1) is 0 Å². The number of fused-ring (bicyclic) bond motifs is 1. The fourth-order valence-electron chi connectivity index (χ4n) is 3.84. The number of rotatable bonds is 4. The normalized spacial score (nSPS) is 14.1. The first kappa shape index (κ1) is 33.2. The van der Waals surface area contributed by atoms with Crippen LogP contribution in [0.5, 0.6) is 0 Å². The van der Waals surface area contributed by atoms with E-state index >= 15 is 0 Å². The van der Waals surface area contributed by atoms with E-state index in [1.54, 1.807) is 23.3 Å². The number of allylic oxidation sites excluding steroid dienone is 4. The summed E-state index contributed by atoms with van der Waals surface area (Å²) in [5.41, 5.74) is 8.60. The third kappa shape index (κ3) is 10.1. The average Bonchev–Trinajstić information content (AvgIpc) is 3.29. The zero-order chi connectivity index (χ0) is 23.7. The summed E-state index contributed by atoms with van der Waals surface area (Å²) in [4.78, 5) is 0. The third-order valence-electron chi connectivity index (χ3n) is 5.97. The first-order valence-corrected chi connectivity index (χ1v) is 18.0. The molecule has 1 unspecified atom stereocenters. The monoisotopic (exact) mass is 586 g/mol. The minimum Gasteiger partial charge on any atom is -1.00 e.